The van der Waals surface area contributed by atoms with Gasteiger partial charge in [0.15, 0.2) is 5.82 Å². The van der Waals surface area contributed by atoms with Crippen molar-refractivity contribution in [1.82, 2.24) is 15.0 Å². The highest BCUT2D eigenvalue weighted by Crippen LogP contribution is 2.32. The maximum Gasteiger partial charge on any atom is 0.269 e. The number of pyridine rings is 1. The standard InChI is InChI=1S/C22H17N5O2/c28-27(29)18-6-5-15-9-12-26(14-17(15)13-18)22-19-3-1-2-4-20(19)24-21(25-22)16-7-10-23-11-8-16/h1-8,10-11,13H,9,12,14H2. The third-order valence-corrected chi connectivity index (χ3v) is 5.23. The van der Waals surface area contributed by atoms with Crippen LogP contribution in [0.2, 0.25) is 0 Å². The molecule has 0 atom stereocenters. The minimum atomic E-state index is -0.346. The Labute approximate surface area is 166 Å². The van der Waals surface area contributed by atoms with Gasteiger partial charge in [-0.15, -0.1) is 0 Å². The summed E-state index contributed by atoms with van der Waals surface area (Å²) in [7, 11) is 0. The van der Waals surface area contributed by atoms with E-state index in [1.54, 1.807) is 24.5 Å². The lowest BCUT2D eigenvalue weighted by Gasteiger charge is -2.30. The van der Waals surface area contributed by atoms with Gasteiger partial charge in [0, 0.05) is 48.6 Å². The van der Waals surface area contributed by atoms with Crippen molar-refractivity contribution in [1.29, 1.82) is 0 Å². The monoisotopic (exact) mass is 383 g/mol. The van der Waals surface area contributed by atoms with Crippen LogP contribution in [-0.4, -0.2) is 26.4 Å². The number of rotatable bonds is 3. The molecule has 0 N–H and O–H groups in total. The molecule has 1 aliphatic rings. The van der Waals surface area contributed by atoms with Gasteiger partial charge in [-0.1, -0.05) is 18.2 Å². The van der Waals surface area contributed by atoms with Gasteiger partial charge in [0.1, 0.15) is 5.82 Å². The maximum absolute atomic E-state index is 11.2. The first-order chi connectivity index (χ1) is 14.2. The van der Waals surface area contributed by atoms with Gasteiger partial charge < -0.3 is 4.90 Å². The summed E-state index contributed by atoms with van der Waals surface area (Å²) in [4.78, 5) is 26.7. The van der Waals surface area contributed by atoms with Gasteiger partial charge in [-0.3, -0.25) is 15.1 Å². The van der Waals surface area contributed by atoms with Gasteiger partial charge in [0.05, 0.1) is 10.4 Å². The number of fused-ring (bicyclic) bond motifs is 2. The second-order valence-corrected chi connectivity index (χ2v) is 7.01. The summed E-state index contributed by atoms with van der Waals surface area (Å²) in [6, 6.07) is 16.8. The van der Waals surface area contributed by atoms with E-state index < -0.39 is 0 Å². The smallest absolute Gasteiger partial charge is 0.269 e. The molecule has 2 aromatic carbocycles. The van der Waals surface area contributed by atoms with E-state index in [0.29, 0.717) is 12.4 Å². The summed E-state index contributed by atoms with van der Waals surface area (Å²) >= 11 is 0. The summed E-state index contributed by atoms with van der Waals surface area (Å²) in [5.74, 6) is 1.49. The molecule has 29 heavy (non-hydrogen) atoms. The quantitative estimate of drug-likeness (QED) is 0.390. The molecule has 5 rings (SSSR count). The van der Waals surface area contributed by atoms with Crippen molar-refractivity contribution in [3.8, 4) is 11.4 Å². The highest BCUT2D eigenvalue weighted by atomic mass is 16.6. The third-order valence-electron chi connectivity index (χ3n) is 5.23. The Morgan fingerprint density at radius 1 is 0.966 bits per heavy atom. The number of nitro benzene ring substituents is 1. The number of nitro groups is 1. The number of hydrogen-bond acceptors (Lipinski definition) is 6. The Bertz CT molecular complexity index is 1230. The van der Waals surface area contributed by atoms with E-state index in [1.165, 1.54) is 0 Å². The number of nitrogens with zero attached hydrogens (tertiary/aromatic N) is 5. The average Bonchev–Trinajstić information content (AvgIpc) is 2.78. The van der Waals surface area contributed by atoms with Gasteiger partial charge in [-0.2, -0.15) is 0 Å². The van der Waals surface area contributed by atoms with Crippen molar-refractivity contribution in [3.63, 3.8) is 0 Å². The zero-order valence-corrected chi connectivity index (χ0v) is 15.5. The van der Waals surface area contributed by atoms with E-state index >= 15 is 0 Å². The molecule has 0 saturated carbocycles. The fraction of sp³-hybridized carbons (Fsp3) is 0.136. The molecule has 2 aromatic heterocycles. The van der Waals surface area contributed by atoms with Gasteiger partial charge in [0.25, 0.3) is 5.69 Å². The van der Waals surface area contributed by atoms with Crippen LogP contribution in [0.3, 0.4) is 0 Å². The number of non-ortho nitro benzene ring substituents is 1. The molecule has 0 radical (unpaired) electrons. The minimum absolute atomic E-state index is 0.121. The fourth-order valence-electron chi connectivity index (χ4n) is 3.77. The second kappa shape index (κ2) is 6.94. The molecule has 7 nitrogen and oxygen atoms in total. The lowest BCUT2D eigenvalue weighted by Crippen LogP contribution is -2.31. The molecule has 0 aliphatic carbocycles. The molecule has 0 fully saturated rings. The first-order valence-electron chi connectivity index (χ1n) is 9.37. The summed E-state index contributed by atoms with van der Waals surface area (Å²) in [6.07, 6.45) is 4.27. The zero-order chi connectivity index (χ0) is 19.8. The molecular formula is C22H17N5O2. The number of benzene rings is 2. The largest absolute Gasteiger partial charge is 0.351 e. The molecule has 7 heteroatoms. The zero-order valence-electron chi connectivity index (χ0n) is 15.5. The van der Waals surface area contributed by atoms with Gasteiger partial charge in [0.2, 0.25) is 0 Å². The summed E-state index contributed by atoms with van der Waals surface area (Å²) in [5, 5.41) is 12.2. The first-order valence-corrected chi connectivity index (χ1v) is 9.37. The third kappa shape index (κ3) is 3.16. The van der Waals surface area contributed by atoms with E-state index in [2.05, 4.69) is 9.88 Å². The summed E-state index contributed by atoms with van der Waals surface area (Å²) in [6.45, 7) is 1.37. The van der Waals surface area contributed by atoms with Crippen LogP contribution in [0.15, 0.2) is 67.0 Å². The van der Waals surface area contributed by atoms with Crippen LogP contribution >= 0.6 is 0 Å². The predicted molar refractivity (Wildman–Crippen MR) is 111 cm³/mol. The van der Waals surface area contributed by atoms with E-state index in [0.717, 1.165) is 46.4 Å². The van der Waals surface area contributed by atoms with Crippen LogP contribution < -0.4 is 4.90 Å². The van der Waals surface area contributed by atoms with Crippen LogP contribution in [0.1, 0.15) is 11.1 Å². The van der Waals surface area contributed by atoms with E-state index in [-0.39, 0.29) is 10.6 Å². The maximum atomic E-state index is 11.2. The van der Waals surface area contributed by atoms with Crippen LogP contribution in [0.4, 0.5) is 11.5 Å². The van der Waals surface area contributed by atoms with Crippen molar-refractivity contribution in [2.75, 3.05) is 11.4 Å². The molecule has 142 valence electrons. The topological polar surface area (TPSA) is 85.0 Å². The molecule has 0 unspecified atom stereocenters. The van der Waals surface area contributed by atoms with Gasteiger partial charge in [-0.25, -0.2) is 9.97 Å². The van der Waals surface area contributed by atoms with E-state index in [1.807, 2.05) is 42.5 Å². The van der Waals surface area contributed by atoms with Crippen LogP contribution in [-0.2, 0) is 13.0 Å². The minimum Gasteiger partial charge on any atom is -0.351 e. The molecule has 4 aromatic rings. The molecule has 0 saturated heterocycles. The van der Waals surface area contributed by atoms with Crippen molar-refractivity contribution < 1.29 is 4.92 Å². The average molecular weight is 383 g/mol. The molecule has 3 heterocycles. The Morgan fingerprint density at radius 2 is 1.79 bits per heavy atom. The Kier molecular flexibility index (Phi) is 4.13. The Balaban J connectivity index is 1.61. The van der Waals surface area contributed by atoms with Crippen molar-refractivity contribution >= 4 is 22.4 Å². The number of hydrogen-bond donors (Lipinski definition) is 0. The highest BCUT2D eigenvalue weighted by molar-refractivity contribution is 5.91. The van der Waals surface area contributed by atoms with Crippen molar-refractivity contribution in [2.45, 2.75) is 13.0 Å². The number of anilines is 1. The normalized spacial score (nSPS) is 13.3. The first kappa shape index (κ1) is 17.2. The van der Waals surface area contributed by atoms with Crippen LogP contribution in [0.25, 0.3) is 22.3 Å². The van der Waals surface area contributed by atoms with Crippen molar-refractivity contribution in [2.24, 2.45) is 0 Å². The molecule has 0 spiro atoms. The van der Waals surface area contributed by atoms with E-state index in [4.69, 9.17) is 9.97 Å². The lowest BCUT2D eigenvalue weighted by molar-refractivity contribution is -0.384. The Hall–Kier alpha value is -3.87. The molecule has 0 bridgehead atoms. The van der Waals surface area contributed by atoms with Gasteiger partial charge in [-0.05, 0) is 41.8 Å². The molecule has 1 aliphatic heterocycles. The van der Waals surface area contributed by atoms with Crippen LogP contribution in [0.5, 0.6) is 0 Å². The van der Waals surface area contributed by atoms with Crippen molar-refractivity contribution in [3.05, 3.63) is 88.2 Å². The lowest BCUT2D eigenvalue weighted by atomic mass is 9.99. The Morgan fingerprint density at radius 3 is 2.62 bits per heavy atom. The predicted octanol–water partition coefficient (Wildman–Crippen LogP) is 4.16. The summed E-state index contributed by atoms with van der Waals surface area (Å²) < 4.78 is 0. The molecular weight excluding hydrogens is 366 g/mol. The second-order valence-electron chi connectivity index (χ2n) is 7.01. The SMILES string of the molecule is O=[N+]([O-])c1ccc2c(c1)CN(c1nc(-c3ccncc3)nc3ccccc13)CC2. The fourth-order valence-corrected chi connectivity index (χ4v) is 3.77. The van der Waals surface area contributed by atoms with Gasteiger partial charge >= 0.3 is 0 Å². The highest BCUT2D eigenvalue weighted by Gasteiger charge is 2.22. The number of para-hydroxylation sites is 1. The van der Waals surface area contributed by atoms with Crippen LogP contribution in [0, 0.1) is 10.1 Å². The number of aromatic nitrogens is 3. The molecule has 0 amide bonds. The van der Waals surface area contributed by atoms with E-state index in [9.17, 15) is 10.1 Å². The summed E-state index contributed by atoms with van der Waals surface area (Å²) in [5.41, 5.74) is 4.02.